The van der Waals surface area contributed by atoms with Crippen molar-refractivity contribution in [3.8, 4) is 5.75 Å². The summed E-state index contributed by atoms with van der Waals surface area (Å²) in [6, 6.07) is 0. The Bertz CT molecular complexity index is 398. The third kappa shape index (κ3) is 3.00. The number of ether oxygens (including phenoxy) is 1. The maximum Gasteiger partial charge on any atom is 0.128 e. The average Bonchev–Trinajstić information content (AvgIpc) is 2.62. The first-order chi connectivity index (χ1) is 8.72. The minimum absolute atomic E-state index is 0.921. The van der Waals surface area contributed by atoms with Gasteiger partial charge >= 0.3 is 0 Å². The van der Waals surface area contributed by atoms with Crippen molar-refractivity contribution in [1.82, 2.24) is 15.2 Å². The van der Waals surface area contributed by atoms with Crippen LogP contribution >= 0.6 is 0 Å². The van der Waals surface area contributed by atoms with Gasteiger partial charge in [0.1, 0.15) is 5.75 Å². The van der Waals surface area contributed by atoms with Crippen LogP contribution in [0.3, 0.4) is 0 Å². The van der Waals surface area contributed by atoms with Gasteiger partial charge in [0.15, 0.2) is 0 Å². The highest BCUT2D eigenvalue weighted by Crippen LogP contribution is 2.24. The zero-order valence-electron chi connectivity index (χ0n) is 11.6. The van der Waals surface area contributed by atoms with Gasteiger partial charge in [0.05, 0.1) is 12.8 Å². The first-order valence-corrected chi connectivity index (χ1v) is 6.64. The molecule has 4 nitrogen and oxygen atoms in total. The quantitative estimate of drug-likeness (QED) is 0.881. The van der Waals surface area contributed by atoms with Crippen LogP contribution in [0.15, 0.2) is 6.20 Å². The van der Waals surface area contributed by atoms with Gasteiger partial charge in [-0.2, -0.15) is 0 Å². The molecule has 1 aromatic heterocycles. The van der Waals surface area contributed by atoms with Crippen LogP contribution in [0, 0.1) is 13.8 Å². The highest BCUT2D eigenvalue weighted by atomic mass is 16.5. The van der Waals surface area contributed by atoms with Gasteiger partial charge in [0, 0.05) is 37.0 Å². The molecule has 2 rings (SSSR count). The standard InChI is InChI=1S/C14H23N3O/c1-11-9-16-13(12(2)14(11)18-3)10-17-7-4-5-15-6-8-17/h9,15H,4-8,10H2,1-3H3. The third-order valence-electron chi connectivity index (χ3n) is 3.56. The predicted octanol–water partition coefficient (Wildman–Crippen LogP) is 1.50. The Morgan fingerprint density at radius 2 is 2.17 bits per heavy atom. The summed E-state index contributed by atoms with van der Waals surface area (Å²) >= 11 is 0. The molecule has 0 aliphatic carbocycles. The molecule has 1 fully saturated rings. The van der Waals surface area contributed by atoms with Crippen molar-refractivity contribution >= 4 is 0 Å². The first-order valence-electron chi connectivity index (χ1n) is 6.64. The molecule has 0 amide bonds. The molecule has 4 heteroatoms. The predicted molar refractivity (Wildman–Crippen MR) is 73.0 cm³/mol. The van der Waals surface area contributed by atoms with Gasteiger partial charge < -0.3 is 10.1 Å². The van der Waals surface area contributed by atoms with Crippen molar-refractivity contribution in [3.05, 3.63) is 23.0 Å². The number of pyridine rings is 1. The molecule has 2 heterocycles. The summed E-state index contributed by atoms with van der Waals surface area (Å²) in [7, 11) is 1.73. The largest absolute Gasteiger partial charge is 0.496 e. The normalized spacial score (nSPS) is 17.5. The van der Waals surface area contributed by atoms with Gasteiger partial charge in [-0.15, -0.1) is 0 Å². The Labute approximate surface area is 109 Å². The van der Waals surface area contributed by atoms with E-state index in [9.17, 15) is 0 Å². The summed E-state index contributed by atoms with van der Waals surface area (Å²) in [5, 5.41) is 3.42. The van der Waals surface area contributed by atoms with Crippen molar-refractivity contribution in [2.75, 3.05) is 33.3 Å². The van der Waals surface area contributed by atoms with E-state index >= 15 is 0 Å². The number of hydrogen-bond acceptors (Lipinski definition) is 4. The Morgan fingerprint density at radius 1 is 1.33 bits per heavy atom. The van der Waals surface area contributed by atoms with Gasteiger partial charge in [-0.25, -0.2) is 0 Å². The molecule has 0 spiro atoms. The zero-order chi connectivity index (χ0) is 13.0. The summed E-state index contributed by atoms with van der Waals surface area (Å²) in [5.41, 5.74) is 3.42. The lowest BCUT2D eigenvalue weighted by Crippen LogP contribution is -2.28. The Hall–Kier alpha value is -1.13. The van der Waals surface area contributed by atoms with E-state index in [2.05, 4.69) is 22.1 Å². The van der Waals surface area contributed by atoms with Crippen LogP contribution in [0.4, 0.5) is 0 Å². The third-order valence-corrected chi connectivity index (χ3v) is 3.56. The molecule has 1 aliphatic heterocycles. The molecular weight excluding hydrogens is 226 g/mol. The van der Waals surface area contributed by atoms with Crippen molar-refractivity contribution in [1.29, 1.82) is 0 Å². The van der Waals surface area contributed by atoms with E-state index < -0.39 is 0 Å². The molecule has 0 atom stereocenters. The highest BCUT2D eigenvalue weighted by Gasteiger charge is 2.14. The van der Waals surface area contributed by atoms with Crippen molar-refractivity contribution in [2.45, 2.75) is 26.8 Å². The molecule has 100 valence electrons. The number of methoxy groups -OCH3 is 1. The molecular formula is C14H23N3O. The van der Waals surface area contributed by atoms with E-state index in [-0.39, 0.29) is 0 Å². The lowest BCUT2D eigenvalue weighted by molar-refractivity contribution is 0.279. The van der Waals surface area contributed by atoms with E-state index in [0.29, 0.717) is 0 Å². The molecule has 0 bridgehead atoms. The Balaban J connectivity index is 2.13. The van der Waals surface area contributed by atoms with Crippen molar-refractivity contribution in [3.63, 3.8) is 0 Å². The summed E-state index contributed by atoms with van der Waals surface area (Å²) in [6.07, 6.45) is 3.12. The molecule has 0 unspecified atom stereocenters. The maximum atomic E-state index is 5.46. The van der Waals surface area contributed by atoms with Gasteiger partial charge in [0.2, 0.25) is 0 Å². The van der Waals surface area contributed by atoms with Crippen LogP contribution in [0.5, 0.6) is 5.75 Å². The van der Waals surface area contributed by atoms with Gasteiger partial charge in [-0.1, -0.05) is 0 Å². The smallest absolute Gasteiger partial charge is 0.128 e. The second kappa shape index (κ2) is 6.16. The van der Waals surface area contributed by atoms with E-state index in [1.165, 1.54) is 12.0 Å². The van der Waals surface area contributed by atoms with Gasteiger partial charge in [-0.3, -0.25) is 9.88 Å². The molecule has 1 saturated heterocycles. The van der Waals surface area contributed by atoms with E-state index in [0.717, 1.165) is 49.7 Å². The summed E-state index contributed by atoms with van der Waals surface area (Å²) < 4.78 is 5.46. The van der Waals surface area contributed by atoms with Crippen LogP contribution in [0.2, 0.25) is 0 Å². The molecule has 0 aromatic carbocycles. The first kappa shape index (κ1) is 13.3. The summed E-state index contributed by atoms with van der Waals surface area (Å²) in [6.45, 7) is 9.50. The van der Waals surface area contributed by atoms with Crippen molar-refractivity contribution in [2.24, 2.45) is 0 Å². The Morgan fingerprint density at radius 3 is 2.94 bits per heavy atom. The van der Waals surface area contributed by atoms with Gasteiger partial charge in [0.25, 0.3) is 0 Å². The topological polar surface area (TPSA) is 37.4 Å². The summed E-state index contributed by atoms with van der Waals surface area (Å²) in [4.78, 5) is 7.03. The molecule has 1 N–H and O–H groups in total. The number of hydrogen-bond donors (Lipinski definition) is 1. The van der Waals surface area contributed by atoms with E-state index in [1.54, 1.807) is 7.11 Å². The number of aryl methyl sites for hydroxylation is 1. The highest BCUT2D eigenvalue weighted by molar-refractivity contribution is 5.41. The molecule has 0 saturated carbocycles. The molecule has 1 aliphatic rings. The molecule has 0 radical (unpaired) electrons. The van der Waals surface area contributed by atoms with Crippen LogP contribution < -0.4 is 10.1 Å². The molecule has 1 aromatic rings. The maximum absolute atomic E-state index is 5.46. The second-order valence-electron chi connectivity index (χ2n) is 4.93. The van der Waals surface area contributed by atoms with E-state index in [1.807, 2.05) is 13.1 Å². The summed E-state index contributed by atoms with van der Waals surface area (Å²) in [5.74, 6) is 0.980. The number of rotatable bonds is 3. The minimum atomic E-state index is 0.921. The van der Waals surface area contributed by atoms with Crippen LogP contribution in [0.25, 0.3) is 0 Å². The minimum Gasteiger partial charge on any atom is -0.496 e. The fraction of sp³-hybridized carbons (Fsp3) is 0.643. The van der Waals surface area contributed by atoms with Crippen LogP contribution in [-0.2, 0) is 6.54 Å². The monoisotopic (exact) mass is 249 g/mol. The van der Waals surface area contributed by atoms with Crippen LogP contribution in [0.1, 0.15) is 23.2 Å². The van der Waals surface area contributed by atoms with Crippen LogP contribution in [-0.4, -0.2) is 43.2 Å². The fourth-order valence-corrected chi connectivity index (χ4v) is 2.50. The number of aromatic nitrogens is 1. The fourth-order valence-electron chi connectivity index (χ4n) is 2.50. The average molecular weight is 249 g/mol. The Kier molecular flexibility index (Phi) is 4.55. The lowest BCUT2D eigenvalue weighted by Gasteiger charge is -2.21. The number of nitrogens with one attached hydrogen (secondary N) is 1. The van der Waals surface area contributed by atoms with E-state index in [4.69, 9.17) is 4.74 Å². The molecule has 18 heavy (non-hydrogen) atoms. The van der Waals surface area contributed by atoms with Crippen molar-refractivity contribution < 1.29 is 4.74 Å². The SMILES string of the molecule is COc1c(C)cnc(CN2CCCNCC2)c1C. The zero-order valence-corrected chi connectivity index (χ0v) is 11.6. The van der Waals surface area contributed by atoms with Gasteiger partial charge in [-0.05, 0) is 33.4 Å². The second-order valence-corrected chi connectivity index (χ2v) is 4.93. The number of nitrogens with zero attached hydrogens (tertiary/aromatic N) is 2. The lowest BCUT2D eigenvalue weighted by atomic mass is 10.1.